The highest BCUT2D eigenvalue weighted by atomic mass is 127. The van der Waals surface area contributed by atoms with Crippen molar-refractivity contribution in [3.8, 4) is 0 Å². The van der Waals surface area contributed by atoms with Crippen molar-refractivity contribution in [2.24, 2.45) is 0 Å². The topological polar surface area (TPSA) is 0 Å². The second kappa shape index (κ2) is 5.86. The van der Waals surface area contributed by atoms with Crippen LogP contribution in [0.15, 0.2) is 60.7 Å². The Labute approximate surface area is 141 Å². The number of alkyl halides is 1. The van der Waals surface area contributed by atoms with E-state index in [0.29, 0.717) is 0 Å². The van der Waals surface area contributed by atoms with Crippen molar-refractivity contribution < 1.29 is 0 Å². The van der Waals surface area contributed by atoms with Crippen LogP contribution in [0.1, 0.15) is 21.5 Å². The summed E-state index contributed by atoms with van der Waals surface area (Å²) in [7, 11) is 0. The summed E-state index contributed by atoms with van der Waals surface area (Å²) in [5.74, 6) is 0. The Hall–Kier alpha value is -0.870. The van der Waals surface area contributed by atoms with Crippen LogP contribution in [0, 0.1) is 10.5 Å². The molecule has 1 atom stereocenters. The summed E-state index contributed by atoms with van der Waals surface area (Å²) < 4.78 is 1.29. The van der Waals surface area contributed by atoms with Gasteiger partial charge >= 0.3 is 0 Å². The van der Waals surface area contributed by atoms with E-state index in [1.54, 1.807) is 0 Å². The average molecular weight is 437 g/mol. The maximum atomic E-state index is 3.89. The second-order valence-electron chi connectivity index (χ2n) is 4.90. The standard InChI is InChI=1S/C18H14BrI/c1-12-10-11-15(14-7-3-2-6-13(12)14)18(19)16-8-4-5-9-17(16)20/h2-11,18H,1H3. The molecule has 2 heteroatoms. The van der Waals surface area contributed by atoms with Crippen LogP contribution in [-0.2, 0) is 0 Å². The normalized spacial score (nSPS) is 12.6. The van der Waals surface area contributed by atoms with Crippen molar-refractivity contribution in [2.45, 2.75) is 11.8 Å². The molecule has 0 aromatic heterocycles. The van der Waals surface area contributed by atoms with E-state index in [1.165, 1.54) is 31.0 Å². The van der Waals surface area contributed by atoms with Gasteiger partial charge in [0, 0.05) is 3.57 Å². The van der Waals surface area contributed by atoms with Crippen molar-refractivity contribution in [1.29, 1.82) is 0 Å². The minimum atomic E-state index is 0.223. The molecular formula is C18H14BrI. The molecule has 0 saturated heterocycles. The fourth-order valence-corrected chi connectivity index (χ4v) is 4.47. The minimum absolute atomic E-state index is 0.223. The summed E-state index contributed by atoms with van der Waals surface area (Å²) >= 11 is 6.29. The summed E-state index contributed by atoms with van der Waals surface area (Å²) in [6.07, 6.45) is 0. The average Bonchev–Trinajstić information content (AvgIpc) is 2.48. The largest absolute Gasteiger partial charge is 0.0786 e. The Morgan fingerprint density at radius 2 is 1.45 bits per heavy atom. The first-order valence-corrected chi connectivity index (χ1v) is 8.54. The molecule has 0 aliphatic heterocycles. The van der Waals surface area contributed by atoms with Gasteiger partial charge in [0.1, 0.15) is 0 Å². The van der Waals surface area contributed by atoms with Crippen LogP contribution in [0.3, 0.4) is 0 Å². The molecular weight excluding hydrogens is 423 g/mol. The van der Waals surface area contributed by atoms with Crippen LogP contribution in [-0.4, -0.2) is 0 Å². The van der Waals surface area contributed by atoms with E-state index in [0.717, 1.165) is 0 Å². The molecule has 0 heterocycles. The summed E-state index contributed by atoms with van der Waals surface area (Å²) in [6.45, 7) is 2.17. The molecule has 0 spiro atoms. The highest BCUT2D eigenvalue weighted by Gasteiger charge is 2.16. The highest BCUT2D eigenvalue weighted by Crippen LogP contribution is 2.37. The van der Waals surface area contributed by atoms with Crippen molar-refractivity contribution in [3.05, 3.63) is 80.9 Å². The van der Waals surface area contributed by atoms with Gasteiger partial charge in [0.2, 0.25) is 0 Å². The van der Waals surface area contributed by atoms with Gasteiger partial charge in [-0.05, 0) is 63.0 Å². The lowest BCUT2D eigenvalue weighted by molar-refractivity contribution is 1.18. The summed E-state index contributed by atoms with van der Waals surface area (Å²) in [6, 6.07) is 21.6. The van der Waals surface area contributed by atoms with Gasteiger partial charge in [-0.15, -0.1) is 0 Å². The molecule has 0 fully saturated rings. The number of benzene rings is 3. The summed E-state index contributed by atoms with van der Waals surface area (Å²) in [5.41, 5.74) is 3.98. The molecule has 3 aromatic rings. The fourth-order valence-electron chi connectivity index (χ4n) is 2.54. The van der Waals surface area contributed by atoms with Crippen molar-refractivity contribution in [2.75, 3.05) is 0 Å². The number of hydrogen-bond donors (Lipinski definition) is 0. The zero-order valence-electron chi connectivity index (χ0n) is 11.1. The highest BCUT2D eigenvalue weighted by molar-refractivity contribution is 14.1. The third kappa shape index (κ3) is 2.51. The quantitative estimate of drug-likeness (QED) is 0.329. The molecule has 0 N–H and O–H groups in total. The molecule has 0 radical (unpaired) electrons. The first kappa shape index (κ1) is 14.1. The number of aryl methyl sites for hydroxylation is 1. The maximum Gasteiger partial charge on any atom is 0.0660 e. The predicted octanol–water partition coefficient (Wildman–Crippen LogP) is 6.24. The molecule has 0 aliphatic rings. The van der Waals surface area contributed by atoms with E-state index < -0.39 is 0 Å². The SMILES string of the molecule is Cc1ccc(C(Br)c2ccccc2I)c2ccccc12. The summed E-state index contributed by atoms with van der Waals surface area (Å²) in [4.78, 5) is 0.223. The molecule has 0 bridgehead atoms. The Balaban J connectivity index is 2.20. The molecule has 0 saturated carbocycles. The van der Waals surface area contributed by atoms with E-state index in [1.807, 2.05) is 0 Å². The molecule has 1 unspecified atom stereocenters. The van der Waals surface area contributed by atoms with Gasteiger partial charge in [-0.2, -0.15) is 0 Å². The van der Waals surface area contributed by atoms with Crippen LogP contribution in [0.5, 0.6) is 0 Å². The van der Waals surface area contributed by atoms with E-state index >= 15 is 0 Å². The number of hydrogen-bond acceptors (Lipinski definition) is 0. The van der Waals surface area contributed by atoms with E-state index in [-0.39, 0.29) is 4.83 Å². The Kier molecular flexibility index (Phi) is 4.13. The van der Waals surface area contributed by atoms with Crippen molar-refractivity contribution in [3.63, 3.8) is 0 Å². The van der Waals surface area contributed by atoms with Crippen molar-refractivity contribution in [1.82, 2.24) is 0 Å². The number of halogens is 2. The van der Waals surface area contributed by atoms with Gasteiger partial charge < -0.3 is 0 Å². The summed E-state index contributed by atoms with van der Waals surface area (Å²) in [5, 5.41) is 2.66. The molecule has 3 rings (SSSR count). The van der Waals surface area contributed by atoms with E-state index in [9.17, 15) is 0 Å². The van der Waals surface area contributed by atoms with Crippen molar-refractivity contribution >= 4 is 49.3 Å². The third-order valence-corrected chi connectivity index (χ3v) is 5.60. The molecule has 100 valence electrons. The lowest BCUT2D eigenvalue weighted by atomic mass is 9.96. The zero-order valence-corrected chi connectivity index (χ0v) is 14.9. The first-order valence-electron chi connectivity index (χ1n) is 6.55. The first-order chi connectivity index (χ1) is 9.68. The zero-order chi connectivity index (χ0) is 14.1. The predicted molar refractivity (Wildman–Crippen MR) is 98.6 cm³/mol. The second-order valence-corrected chi connectivity index (χ2v) is 6.98. The van der Waals surface area contributed by atoms with Gasteiger partial charge in [0.15, 0.2) is 0 Å². The van der Waals surface area contributed by atoms with Crippen LogP contribution < -0.4 is 0 Å². The van der Waals surface area contributed by atoms with Crippen LogP contribution >= 0.6 is 38.5 Å². The Morgan fingerprint density at radius 1 is 0.800 bits per heavy atom. The van der Waals surface area contributed by atoms with Gasteiger partial charge in [0.05, 0.1) is 4.83 Å². The lowest BCUT2D eigenvalue weighted by Gasteiger charge is -2.16. The maximum absolute atomic E-state index is 3.89. The van der Waals surface area contributed by atoms with E-state index in [4.69, 9.17) is 0 Å². The Morgan fingerprint density at radius 3 is 2.20 bits per heavy atom. The van der Waals surface area contributed by atoms with Gasteiger partial charge in [-0.3, -0.25) is 0 Å². The molecule has 0 nitrogen and oxygen atoms in total. The van der Waals surface area contributed by atoms with Crippen LogP contribution in [0.2, 0.25) is 0 Å². The fraction of sp³-hybridized carbons (Fsp3) is 0.111. The molecule has 0 aliphatic carbocycles. The van der Waals surface area contributed by atoms with Gasteiger partial charge in [-0.1, -0.05) is 70.5 Å². The van der Waals surface area contributed by atoms with Gasteiger partial charge in [-0.25, -0.2) is 0 Å². The molecule has 20 heavy (non-hydrogen) atoms. The smallest absolute Gasteiger partial charge is 0.0660 e. The number of rotatable bonds is 2. The van der Waals surface area contributed by atoms with Gasteiger partial charge in [0.25, 0.3) is 0 Å². The van der Waals surface area contributed by atoms with Crippen LogP contribution in [0.4, 0.5) is 0 Å². The monoisotopic (exact) mass is 436 g/mol. The molecule has 3 aromatic carbocycles. The van der Waals surface area contributed by atoms with E-state index in [2.05, 4.69) is 106 Å². The minimum Gasteiger partial charge on any atom is -0.0786 e. The molecule has 0 amide bonds. The van der Waals surface area contributed by atoms with Crippen LogP contribution in [0.25, 0.3) is 10.8 Å². The number of fused-ring (bicyclic) bond motifs is 1. The lowest BCUT2D eigenvalue weighted by Crippen LogP contribution is -1.97. The Bertz CT molecular complexity index is 764. The third-order valence-electron chi connectivity index (χ3n) is 3.63.